The molecule has 3 saturated heterocycles. The lowest BCUT2D eigenvalue weighted by Crippen LogP contribution is -2.49. The molecule has 0 spiro atoms. The van der Waals surface area contributed by atoms with Gasteiger partial charge in [0, 0.05) is 119 Å². The molecule has 9 aromatic rings. The molecule has 3 aliphatic heterocycles. The summed E-state index contributed by atoms with van der Waals surface area (Å²) in [6.45, 7) is -1.22. The van der Waals surface area contributed by atoms with E-state index in [-0.39, 0.29) is 118 Å². The first-order valence-electron chi connectivity index (χ1n) is 36.8. The second kappa shape index (κ2) is 35.7. The fourth-order valence-corrected chi connectivity index (χ4v) is 19.0. The summed E-state index contributed by atoms with van der Waals surface area (Å²) in [7, 11) is -13.8. The van der Waals surface area contributed by atoms with Gasteiger partial charge in [-0.3, -0.25) is 56.8 Å². The van der Waals surface area contributed by atoms with Gasteiger partial charge in [-0.15, -0.1) is 0 Å². The van der Waals surface area contributed by atoms with Gasteiger partial charge in [0.15, 0.2) is 17.3 Å². The molecule has 3 aromatic heterocycles. The maximum Gasteiger partial charge on any atom is 0.361 e. The van der Waals surface area contributed by atoms with Crippen LogP contribution < -0.4 is 31.9 Å². The first-order chi connectivity index (χ1) is 55.4. The number of Topliss-reactive ketones (excluding diaryl/α,β-unsaturated/α-hetero) is 3. The van der Waals surface area contributed by atoms with Crippen LogP contribution in [0.4, 0.5) is 26.3 Å². The number of hydrogen-bond donors (Lipinski definition) is 6. The van der Waals surface area contributed by atoms with Crippen molar-refractivity contribution in [2.75, 3.05) is 39.5 Å². The van der Waals surface area contributed by atoms with Crippen LogP contribution in [-0.2, 0) is 95.3 Å². The number of nitrogens with one attached hydrogen (secondary N) is 3. The van der Waals surface area contributed by atoms with E-state index in [1.807, 2.05) is 0 Å². The highest BCUT2D eigenvalue weighted by molar-refractivity contribution is 7.62. The van der Waals surface area contributed by atoms with Gasteiger partial charge in [-0.2, -0.15) is 0 Å². The Morgan fingerprint density at radius 2 is 0.846 bits per heavy atom. The number of carbonyl (C=O) groups is 9. The SMILES string of the molecule is CCOP(=O)(O)c1ccc2c(C(=O)CC3C(F)CN(C(=O)Cn4cc(C(C)=O)c5ccc(P(=O)(O)O)cc54)C3C(=O)NCc3cccc(Cl)c3F)cn(CC(=O)N3CC(F)C(CC(=O)c4cn(CC(=O)N5CC(F)CC5C(=O)NCc5cccc(Cl)c5F)c5cc(P(=O)(OCC)OCC)ccc45)C3C(=O)NCc3cccc(Cl)c3F)c2c1. The molecule has 9 unspecified atom stereocenters. The minimum absolute atomic E-state index is 0.00551. The number of hydrogen-bond acceptors (Lipinski definition) is 15. The molecule has 620 valence electrons. The normalized spacial score (nSPS) is 19.5. The monoisotopic (exact) mass is 1740 g/mol. The lowest BCUT2D eigenvalue weighted by Gasteiger charge is -2.27. The first-order valence-corrected chi connectivity index (χ1v) is 42.6. The molecule has 117 heavy (non-hydrogen) atoms. The van der Waals surface area contributed by atoms with E-state index in [0.29, 0.717) is 0 Å². The minimum atomic E-state index is -4.94. The van der Waals surface area contributed by atoms with Gasteiger partial charge in [0.1, 0.15) is 73.7 Å². The quantitative estimate of drug-likeness (QED) is 0.0134. The van der Waals surface area contributed by atoms with Gasteiger partial charge in [-0.25, -0.2) is 26.3 Å². The molecule has 12 rings (SSSR count). The third-order valence-electron chi connectivity index (χ3n) is 20.9. The summed E-state index contributed by atoms with van der Waals surface area (Å²) < 4.78 is 157. The number of carbonyl (C=O) groups excluding carboxylic acids is 9. The molecule has 6 heterocycles. The molecule has 3 fully saturated rings. The van der Waals surface area contributed by atoms with Crippen molar-refractivity contribution in [1.29, 1.82) is 0 Å². The highest BCUT2D eigenvalue weighted by Gasteiger charge is 2.52. The molecule has 9 atom stereocenters. The van der Waals surface area contributed by atoms with Crippen LogP contribution in [-0.4, -0.2) is 172 Å². The van der Waals surface area contributed by atoms with E-state index >= 15 is 41.1 Å². The van der Waals surface area contributed by atoms with E-state index in [0.717, 1.165) is 49.7 Å². The van der Waals surface area contributed by atoms with Crippen molar-refractivity contribution in [3.8, 4) is 0 Å². The number of rotatable bonds is 31. The van der Waals surface area contributed by atoms with Crippen LogP contribution in [0.5, 0.6) is 0 Å². The summed E-state index contributed by atoms with van der Waals surface area (Å²) in [4.78, 5) is 166. The predicted octanol–water partition coefficient (Wildman–Crippen LogP) is 10.4. The van der Waals surface area contributed by atoms with Crippen LogP contribution in [0, 0.1) is 29.3 Å². The summed E-state index contributed by atoms with van der Waals surface area (Å²) in [5, 5.41) is 5.86. The van der Waals surface area contributed by atoms with E-state index in [4.69, 9.17) is 48.4 Å². The summed E-state index contributed by atoms with van der Waals surface area (Å²) in [5.41, 5.74) is -1.02. The molecule has 6 aromatic carbocycles. The van der Waals surface area contributed by atoms with Crippen LogP contribution in [0.15, 0.2) is 128 Å². The Labute approximate surface area is 679 Å². The highest BCUT2D eigenvalue weighted by atomic mass is 35.5. The fraction of sp³-hybridized carbons (Fsp3) is 0.346. The van der Waals surface area contributed by atoms with Crippen molar-refractivity contribution in [2.24, 2.45) is 11.8 Å². The van der Waals surface area contributed by atoms with Crippen molar-refractivity contribution in [3.05, 3.63) is 194 Å². The average molecular weight is 1740 g/mol. The van der Waals surface area contributed by atoms with Crippen LogP contribution in [0.1, 0.15) is 94.7 Å². The average Bonchev–Trinajstić information content (AvgIpc) is 1.62. The standard InChI is InChI=1S/C78H77Cl3F6N9O18P3/c1-5-112-116(109,110)47-18-21-50-55(66(98)27-52-60(83)36-95(74(52)77(104)89-30-43-12-9-15-58(80)72(43)86)69(101)39-91-33-54(41(4)97)49-20-17-46(24-62(49)91)115(106,107)108)35-93(63(50)25-47)40-70(102)96-37-61(84)53(75(96)78(105)90-31-44-13-10-16-59(81)73(44)87)28-67(99)56-34-92(64-26-48(19-22-51(56)64)117(111,113-6-2)114-7-3)38-68(100)94-32-45(82)23-65(94)76(103)88-29-42-11-8-14-57(79)71(42)85/h8-22,24-26,33-35,45,52-53,60-61,65,74-75H,5-7,23,27-32,36-40H2,1-4H3,(H,88,103)(H,89,104)(H,90,105)(H,109,110)(H2,106,107,108). The van der Waals surface area contributed by atoms with Crippen LogP contribution >= 0.6 is 57.6 Å². The van der Waals surface area contributed by atoms with E-state index in [9.17, 15) is 56.7 Å². The summed E-state index contributed by atoms with van der Waals surface area (Å²) in [6, 6.07) is 17.4. The van der Waals surface area contributed by atoms with Gasteiger partial charge < -0.3 is 72.6 Å². The molecule has 6 N–H and O–H groups in total. The third-order valence-corrected chi connectivity index (χ3v) is 26.3. The van der Waals surface area contributed by atoms with E-state index in [2.05, 4.69) is 16.0 Å². The maximum absolute atomic E-state index is 17.6. The largest absolute Gasteiger partial charge is 0.361 e. The van der Waals surface area contributed by atoms with E-state index in [1.54, 1.807) is 13.8 Å². The second-order valence-electron chi connectivity index (χ2n) is 28.3. The summed E-state index contributed by atoms with van der Waals surface area (Å²) >= 11 is 18.1. The Kier molecular flexibility index (Phi) is 26.5. The molecule has 0 radical (unpaired) electrons. The molecule has 3 aliphatic rings. The lowest BCUT2D eigenvalue weighted by molar-refractivity contribution is -0.139. The van der Waals surface area contributed by atoms with Gasteiger partial charge in [-0.1, -0.05) is 89.4 Å². The summed E-state index contributed by atoms with van der Waals surface area (Å²) in [6.07, 6.45) is -4.99. The molecular weight excluding hydrogens is 1660 g/mol. The van der Waals surface area contributed by atoms with Crippen molar-refractivity contribution in [3.63, 3.8) is 0 Å². The van der Waals surface area contributed by atoms with Crippen molar-refractivity contribution >= 4 is 159 Å². The van der Waals surface area contributed by atoms with Crippen molar-refractivity contribution in [2.45, 2.75) is 123 Å². The molecule has 27 nitrogen and oxygen atoms in total. The number of alkyl halides is 3. The van der Waals surface area contributed by atoms with Gasteiger partial charge >= 0.3 is 22.8 Å². The number of likely N-dealkylation sites (tertiary alicyclic amines) is 3. The van der Waals surface area contributed by atoms with Gasteiger partial charge in [-0.05, 0) is 82.3 Å². The Bertz CT molecular complexity index is 5640. The van der Waals surface area contributed by atoms with Gasteiger partial charge in [0.25, 0.3) is 0 Å². The first kappa shape index (κ1) is 87.0. The second-order valence-corrected chi connectivity index (χ2v) is 34.9. The van der Waals surface area contributed by atoms with E-state index in [1.165, 1.54) is 120 Å². The maximum atomic E-state index is 17.6. The van der Waals surface area contributed by atoms with Crippen molar-refractivity contribution < 1.29 is 111 Å². The number of nitrogens with zero attached hydrogens (tertiary/aromatic N) is 6. The van der Waals surface area contributed by atoms with Crippen LogP contribution in [0.3, 0.4) is 0 Å². The zero-order chi connectivity index (χ0) is 84.6. The molecule has 0 bridgehead atoms. The Hall–Kier alpha value is -9.33. The van der Waals surface area contributed by atoms with Crippen molar-refractivity contribution in [1.82, 2.24) is 44.4 Å². The fourth-order valence-electron chi connectivity index (χ4n) is 15.3. The number of benzene rings is 6. The number of ketones is 3. The Morgan fingerprint density at radius 3 is 1.26 bits per heavy atom. The topological polar surface area (TPSA) is 354 Å². The number of fused-ring (bicyclic) bond motifs is 3. The molecule has 0 saturated carbocycles. The Morgan fingerprint density at radius 1 is 0.479 bits per heavy atom. The highest BCUT2D eigenvalue weighted by Crippen LogP contribution is 2.48. The van der Waals surface area contributed by atoms with Crippen LogP contribution in [0.2, 0.25) is 15.1 Å². The molecule has 39 heteroatoms. The molecule has 6 amide bonds. The Balaban J connectivity index is 0.875. The number of aromatic nitrogens is 3. The van der Waals surface area contributed by atoms with Gasteiger partial charge in [0.05, 0.1) is 87.0 Å². The summed E-state index contributed by atoms with van der Waals surface area (Å²) in [5.74, 6) is -14.7. The lowest BCUT2D eigenvalue weighted by atomic mass is 9.90. The van der Waals surface area contributed by atoms with E-state index < -0.39 is 218 Å². The molecular formula is C78H77Cl3F6N9O18P3. The third kappa shape index (κ3) is 18.3. The zero-order valence-electron chi connectivity index (χ0n) is 62.7. The van der Waals surface area contributed by atoms with Gasteiger partial charge in [0.2, 0.25) is 35.4 Å². The smallest absolute Gasteiger partial charge is 0.350 e. The zero-order valence-corrected chi connectivity index (χ0v) is 67.7. The van der Waals surface area contributed by atoms with Crippen LogP contribution in [0.25, 0.3) is 32.7 Å². The minimum Gasteiger partial charge on any atom is -0.350 e. The molecule has 0 aliphatic carbocycles. The predicted molar refractivity (Wildman–Crippen MR) is 420 cm³/mol. The number of halogens is 9. The number of amides is 6.